The molecule has 0 fully saturated rings. The van der Waals surface area contributed by atoms with E-state index in [-0.39, 0.29) is 5.57 Å². The van der Waals surface area contributed by atoms with E-state index in [4.69, 9.17) is 9.53 Å². The van der Waals surface area contributed by atoms with Gasteiger partial charge in [0.2, 0.25) is 0 Å². The Morgan fingerprint density at radius 3 is 2.00 bits per heavy atom. The minimum atomic E-state index is -1.20. The highest BCUT2D eigenvalue weighted by molar-refractivity contribution is 6.71. The van der Waals surface area contributed by atoms with Gasteiger partial charge in [0.15, 0.2) is 8.32 Å². The number of hydrogen-bond acceptors (Lipinski definition) is 2. The zero-order chi connectivity index (χ0) is 12.5. The van der Waals surface area contributed by atoms with Crippen LogP contribution in [0.15, 0.2) is 12.2 Å². The number of hydrogen-bond donors (Lipinski definition) is 1. The van der Waals surface area contributed by atoms with Crippen molar-refractivity contribution in [1.82, 2.24) is 0 Å². The van der Waals surface area contributed by atoms with Crippen LogP contribution in [-0.4, -0.2) is 26.0 Å². The van der Waals surface area contributed by atoms with Gasteiger partial charge in [0.05, 0.1) is 0 Å². The standard InChI is InChI=1S/C7H18OSi.C4H6O2/c1-5-7-9(3,4)8-6-2;1-3(2)4(5)6/h5-7H2,1-4H3;1H2,2H3,(H,5,6). The van der Waals surface area contributed by atoms with Crippen molar-refractivity contribution in [2.24, 2.45) is 0 Å². The Bertz CT molecular complexity index is 180. The van der Waals surface area contributed by atoms with Crippen LogP contribution in [0.4, 0.5) is 0 Å². The largest absolute Gasteiger partial charge is 0.478 e. The fourth-order valence-corrected chi connectivity index (χ4v) is 3.19. The zero-order valence-electron chi connectivity index (χ0n) is 10.6. The maximum absolute atomic E-state index is 9.60. The van der Waals surface area contributed by atoms with Crippen molar-refractivity contribution in [2.45, 2.75) is 46.3 Å². The van der Waals surface area contributed by atoms with E-state index in [0.717, 1.165) is 6.61 Å². The lowest BCUT2D eigenvalue weighted by molar-refractivity contribution is -0.132. The summed E-state index contributed by atoms with van der Waals surface area (Å²) in [5.74, 6) is -0.935. The molecule has 0 saturated carbocycles. The SMILES string of the molecule is C=C(C)C(=O)O.CCC[Si](C)(C)OCC. The van der Waals surface area contributed by atoms with Crippen LogP contribution in [-0.2, 0) is 9.22 Å². The lowest BCUT2D eigenvalue weighted by Gasteiger charge is -2.20. The van der Waals surface area contributed by atoms with Crippen LogP contribution in [0.2, 0.25) is 19.1 Å². The number of rotatable bonds is 5. The smallest absolute Gasteiger partial charge is 0.330 e. The van der Waals surface area contributed by atoms with E-state index in [0.29, 0.717) is 0 Å². The third kappa shape index (κ3) is 13.4. The minimum absolute atomic E-state index is 0.176. The van der Waals surface area contributed by atoms with Gasteiger partial charge in [-0.05, 0) is 33.0 Å². The van der Waals surface area contributed by atoms with Gasteiger partial charge in [0, 0.05) is 12.2 Å². The second-order valence-corrected chi connectivity index (χ2v) is 8.34. The van der Waals surface area contributed by atoms with Gasteiger partial charge < -0.3 is 9.53 Å². The molecule has 0 rings (SSSR count). The number of carbonyl (C=O) groups is 1. The van der Waals surface area contributed by atoms with Gasteiger partial charge in [-0.15, -0.1) is 0 Å². The Labute approximate surface area is 94.3 Å². The van der Waals surface area contributed by atoms with Crippen LogP contribution in [0.1, 0.15) is 27.2 Å². The molecule has 4 heteroatoms. The predicted molar refractivity (Wildman–Crippen MR) is 66.7 cm³/mol. The monoisotopic (exact) mass is 232 g/mol. The number of aliphatic carboxylic acids is 1. The molecule has 0 aromatic heterocycles. The molecular weight excluding hydrogens is 208 g/mol. The molecule has 0 aliphatic heterocycles. The average Bonchev–Trinajstić information content (AvgIpc) is 2.04. The van der Waals surface area contributed by atoms with Gasteiger partial charge in [-0.1, -0.05) is 19.9 Å². The van der Waals surface area contributed by atoms with Crippen LogP contribution >= 0.6 is 0 Å². The molecule has 0 bridgehead atoms. The highest BCUT2D eigenvalue weighted by Gasteiger charge is 2.19. The molecule has 90 valence electrons. The van der Waals surface area contributed by atoms with Crippen molar-refractivity contribution in [3.05, 3.63) is 12.2 Å². The molecule has 0 spiro atoms. The number of carboxylic acid groups (broad SMARTS) is 1. The summed E-state index contributed by atoms with van der Waals surface area (Å²) in [6.45, 7) is 14.3. The summed E-state index contributed by atoms with van der Waals surface area (Å²) in [7, 11) is -1.20. The highest BCUT2D eigenvalue weighted by Crippen LogP contribution is 2.12. The van der Waals surface area contributed by atoms with Crippen LogP contribution in [0.5, 0.6) is 0 Å². The summed E-state index contributed by atoms with van der Waals surface area (Å²) < 4.78 is 5.61. The Morgan fingerprint density at radius 1 is 1.40 bits per heavy atom. The van der Waals surface area contributed by atoms with Gasteiger partial charge in [0.25, 0.3) is 0 Å². The second kappa shape index (κ2) is 8.68. The molecule has 0 saturated heterocycles. The van der Waals surface area contributed by atoms with Crippen LogP contribution < -0.4 is 0 Å². The van der Waals surface area contributed by atoms with Gasteiger partial charge >= 0.3 is 5.97 Å². The third-order valence-electron chi connectivity index (χ3n) is 1.75. The van der Waals surface area contributed by atoms with Crippen molar-refractivity contribution < 1.29 is 14.3 Å². The highest BCUT2D eigenvalue weighted by atomic mass is 28.4. The first-order valence-corrected chi connectivity index (χ1v) is 8.41. The van der Waals surface area contributed by atoms with Crippen LogP contribution in [0.3, 0.4) is 0 Å². The van der Waals surface area contributed by atoms with Gasteiger partial charge in [-0.25, -0.2) is 4.79 Å². The topological polar surface area (TPSA) is 46.5 Å². The molecule has 15 heavy (non-hydrogen) atoms. The Kier molecular flexibility index (Phi) is 9.72. The molecule has 0 unspecified atom stereocenters. The quantitative estimate of drug-likeness (QED) is 0.584. The van der Waals surface area contributed by atoms with Gasteiger partial charge in [-0.3, -0.25) is 0 Å². The van der Waals surface area contributed by atoms with E-state index in [1.165, 1.54) is 19.4 Å². The van der Waals surface area contributed by atoms with Crippen molar-refractivity contribution in [3.63, 3.8) is 0 Å². The predicted octanol–water partition coefficient (Wildman–Crippen LogP) is 3.29. The fourth-order valence-electron chi connectivity index (χ4n) is 1.06. The van der Waals surface area contributed by atoms with E-state index >= 15 is 0 Å². The number of carboxylic acids is 1. The normalized spacial score (nSPS) is 10.2. The van der Waals surface area contributed by atoms with Crippen molar-refractivity contribution in [2.75, 3.05) is 6.61 Å². The molecule has 0 atom stereocenters. The lowest BCUT2D eigenvalue weighted by atomic mass is 10.4. The Balaban J connectivity index is 0. The summed E-state index contributed by atoms with van der Waals surface area (Å²) in [4.78, 5) is 9.60. The van der Waals surface area contributed by atoms with E-state index in [2.05, 4.69) is 33.5 Å². The third-order valence-corrected chi connectivity index (χ3v) is 4.53. The minimum Gasteiger partial charge on any atom is -0.478 e. The van der Waals surface area contributed by atoms with Crippen LogP contribution in [0.25, 0.3) is 0 Å². The summed E-state index contributed by atoms with van der Waals surface area (Å²) in [6.07, 6.45) is 1.26. The summed E-state index contributed by atoms with van der Waals surface area (Å²) in [6, 6.07) is 1.29. The van der Waals surface area contributed by atoms with Crippen LogP contribution in [0, 0.1) is 0 Å². The first-order chi connectivity index (χ1) is 6.76. The molecule has 3 nitrogen and oxygen atoms in total. The molecule has 1 N–H and O–H groups in total. The molecule has 0 heterocycles. The van der Waals surface area contributed by atoms with E-state index in [1.807, 2.05) is 0 Å². The fraction of sp³-hybridized carbons (Fsp3) is 0.727. The van der Waals surface area contributed by atoms with Crippen molar-refractivity contribution in [1.29, 1.82) is 0 Å². The summed E-state index contributed by atoms with van der Waals surface area (Å²) in [5, 5.41) is 7.89. The molecular formula is C11H24O3Si. The molecule has 0 amide bonds. The van der Waals surface area contributed by atoms with E-state index < -0.39 is 14.3 Å². The average molecular weight is 232 g/mol. The van der Waals surface area contributed by atoms with Gasteiger partial charge in [-0.2, -0.15) is 0 Å². The summed E-state index contributed by atoms with van der Waals surface area (Å²) in [5.41, 5.74) is 0.176. The van der Waals surface area contributed by atoms with E-state index in [1.54, 1.807) is 0 Å². The molecule has 0 aliphatic rings. The summed E-state index contributed by atoms with van der Waals surface area (Å²) >= 11 is 0. The molecule has 0 aromatic carbocycles. The Hall–Kier alpha value is -0.613. The first kappa shape index (κ1) is 16.8. The first-order valence-electron chi connectivity index (χ1n) is 5.29. The molecule has 0 radical (unpaired) electrons. The Morgan fingerprint density at radius 2 is 1.80 bits per heavy atom. The second-order valence-electron chi connectivity index (χ2n) is 4.03. The zero-order valence-corrected chi connectivity index (χ0v) is 11.6. The maximum atomic E-state index is 9.60. The molecule has 0 aromatic rings. The lowest BCUT2D eigenvalue weighted by Crippen LogP contribution is -2.29. The van der Waals surface area contributed by atoms with Crippen molar-refractivity contribution in [3.8, 4) is 0 Å². The van der Waals surface area contributed by atoms with E-state index in [9.17, 15) is 4.79 Å². The maximum Gasteiger partial charge on any atom is 0.330 e. The van der Waals surface area contributed by atoms with Crippen molar-refractivity contribution >= 4 is 14.3 Å². The van der Waals surface area contributed by atoms with Gasteiger partial charge in [0.1, 0.15) is 0 Å². The molecule has 0 aliphatic carbocycles.